The molecule has 0 radical (unpaired) electrons. The van der Waals surface area contributed by atoms with E-state index in [1.54, 1.807) is 6.07 Å². The van der Waals surface area contributed by atoms with Crippen LogP contribution in [0.3, 0.4) is 0 Å². The zero-order valence-corrected chi connectivity index (χ0v) is 14.6. The molecule has 1 unspecified atom stereocenters. The van der Waals surface area contributed by atoms with Crippen molar-refractivity contribution >= 4 is 32.6 Å². The lowest BCUT2D eigenvalue weighted by Crippen LogP contribution is -2.42. The maximum absolute atomic E-state index is 12.4. The van der Waals surface area contributed by atoms with Crippen LogP contribution in [-0.4, -0.2) is 35.4 Å². The summed E-state index contributed by atoms with van der Waals surface area (Å²) in [6.45, 7) is 0. The smallest absolute Gasteiger partial charge is 0.322 e. The van der Waals surface area contributed by atoms with Crippen molar-refractivity contribution in [3.63, 3.8) is 0 Å². The molecule has 0 amide bonds. The SMILES string of the molecule is O=C(O)C(Cc1cc2ccccc2[nH]1)NS(=O)(=O)c1ccc([N+](=O)[O-])cc1. The highest BCUT2D eigenvalue weighted by Gasteiger charge is 2.26. The summed E-state index contributed by atoms with van der Waals surface area (Å²) in [5, 5.41) is 21.0. The second-order valence-corrected chi connectivity index (χ2v) is 7.56. The Morgan fingerprint density at radius 1 is 1.19 bits per heavy atom. The summed E-state index contributed by atoms with van der Waals surface area (Å²) in [6.07, 6.45) is -0.0871. The highest BCUT2D eigenvalue weighted by atomic mass is 32.2. The average Bonchev–Trinajstić information content (AvgIpc) is 3.03. The Balaban J connectivity index is 1.82. The fourth-order valence-corrected chi connectivity index (χ4v) is 3.83. The lowest BCUT2D eigenvalue weighted by atomic mass is 10.1. The van der Waals surface area contributed by atoms with Crippen LogP contribution < -0.4 is 4.72 Å². The molecule has 10 heteroatoms. The Morgan fingerprint density at radius 2 is 1.85 bits per heavy atom. The third kappa shape index (κ3) is 4.13. The zero-order chi connectivity index (χ0) is 19.6. The van der Waals surface area contributed by atoms with Crippen molar-refractivity contribution in [1.29, 1.82) is 0 Å². The molecule has 3 rings (SSSR count). The molecular weight excluding hydrogens is 374 g/mol. The summed E-state index contributed by atoms with van der Waals surface area (Å²) < 4.78 is 27.0. The molecule has 0 saturated heterocycles. The van der Waals surface area contributed by atoms with Gasteiger partial charge in [0.1, 0.15) is 6.04 Å². The van der Waals surface area contributed by atoms with Gasteiger partial charge in [-0.05, 0) is 29.7 Å². The van der Waals surface area contributed by atoms with Gasteiger partial charge in [0.2, 0.25) is 10.0 Å². The number of sulfonamides is 1. The van der Waals surface area contributed by atoms with Crippen LogP contribution in [0.15, 0.2) is 59.5 Å². The van der Waals surface area contributed by atoms with Crippen molar-refractivity contribution in [2.24, 2.45) is 0 Å². The number of non-ortho nitro benzene ring substituents is 1. The molecule has 0 spiro atoms. The van der Waals surface area contributed by atoms with E-state index >= 15 is 0 Å². The number of nitro groups is 1. The molecule has 3 N–H and O–H groups in total. The van der Waals surface area contributed by atoms with Gasteiger partial charge in [-0.2, -0.15) is 4.72 Å². The molecule has 0 saturated carbocycles. The first-order valence-corrected chi connectivity index (χ1v) is 9.31. The van der Waals surface area contributed by atoms with Crippen molar-refractivity contribution in [2.75, 3.05) is 0 Å². The molecule has 1 heterocycles. The molecule has 27 heavy (non-hydrogen) atoms. The number of nitrogens with one attached hydrogen (secondary N) is 2. The summed E-state index contributed by atoms with van der Waals surface area (Å²) in [4.78, 5) is 24.4. The Morgan fingerprint density at radius 3 is 2.44 bits per heavy atom. The van der Waals surface area contributed by atoms with E-state index in [1.807, 2.05) is 24.3 Å². The number of aliphatic carboxylic acids is 1. The van der Waals surface area contributed by atoms with E-state index in [0.717, 1.165) is 35.2 Å². The van der Waals surface area contributed by atoms with Crippen molar-refractivity contribution in [1.82, 2.24) is 9.71 Å². The normalized spacial score (nSPS) is 12.7. The summed E-state index contributed by atoms with van der Waals surface area (Å²) >= 11 is 0. The van der Waals surface area contributed by atoms with Crippen molar-refractivity contribution in [3.8, 4) is 0 Å². The number of H-pyrrole nitrogens is 1. The molecular formula is C17H15N3O6S. The van der Waals surface area contributed by atoms with E-state index in [0.29, 0.717) is 5.69 Å². The van der Waals surface area contributed by atoms with Crippen LogP contribution >= 0.6 is 0 Å². The highest BCUT2D eigenvalue weighted by Crippen LogP contribution is 2.18. The van der Waals surface area contributed by atoms with Gasteiger partial charge in [0.15, 0.2) is 0 Å². The number of para-hydroxylation sites is 1. The lowest BCUT2D eigenvalue weighted by molar-refractivity contribution is -0.384. The minimum atomic E-state index is -4.16. The van der Waals surface area contributed by atoms with Crippen LogP contribution in [-0.2, 0) is 21.2 Å². The largest absolute Gasteiger partial charge is 0.480 e. The average molecular weight is 389 g/mol. The first-order chi connectivity index (χ1) is 12.8. The maximum atomic E-state index is 12.4. The summed E-state index contributed by atoms with van der Waals surface area (Å²) in [7, 11) is -4.16. The van der Waals surface area contributed by atoms with Gasteiger partial charge in [-0.1, -0.05) is 18.2 Å². The number of nitro benzene ring substituents is 1. The maximum Gasteiger partial charge on any atom is 0.322 e. The number of fused-ring (bicyclic) bond motifs is 1. The summed E-state index contributed by atoms with van der Waals surface area (Å²) in [5.74, 6) is -1.33. The molecule has 0 aliphatic carbocycles. The molecule has 9 nitrogen and oxygen atoms in total. The van der Waals surface area contributed by atoms with Crippen molar-refractivity contribution < 1.29 is 23.2 Å². The number of aromatic nitrogens is 1. The number of hydrogen-bond acceptors (Lipinski definition) is 5. The van der Waals surface area contributed by atoms with Gasteiger partial charge in [0.05, 0.1) is 9.82 Å². The van der Waals surface area contributed by atoms with Gasteiger partial charge in [0, 0.05) is 29.8 Å². The predicted octanol–water partition coefficient (Wildman–Crippen LogP) is 2.05. The van der Waals surface area contributed by atoms with Gasteiger partial charge in [0.25, 0.3) is 5.69 Å². The van der Waals surface area contributed by atoms with Crippen molar-refractivity contribution in [2.45, 2.75) is 17.4 Å². The number of carboxylic acids is 1. The van der Waals surface area contributed by atoms with E-state index in [1.165, 1.54) is 0 Å². The van der Waals surface area contributed by atoms with Crippen LogP contribution in [0.25, 0.3) is 10.9 Å². The highest BCUT2D eigenvalue weighted by molar-refractivity contribution is 7.89. The summed E-state index contributed by atoms with van der Waals surface area (Å²) in [5.41, 5.74) is 1.12. The molecule has 3 aromatic rings. The third-order valence-corrected chi connectivity index (χ3v) is 5.45. The third-order valence-electron chi connectivity index (χ3n) is 3.96. The minimum absolute atomic E-state index is 0.0871. The number of aromatic amines is 1. The number of benzene rings is 2. The first kappa shape index (κ1) is 18.5. The lowest BCUT2D eigenvalue weighted by Gasteiger charge is -2.14. The second-order valence-electron chi connectivity index (χ2n) is 5.85. The topological polar surface area (TPSA) is 142 Å². The van der Waals surface area contributed by atoms with Crippen LogP contribution in [0, 0.1) is 10.1 Å². The van der Waals surface area contributed by atoms with E-state index in [2.05, 4.69) is 9.71 Å². The van der Waals surface area contributed by atoms with Gasteiger partial charge in [-0.25, -0.2) is 8.42 Å². The van der Waals surface area contributed by atoms with Gasteiger partial charge < -0.3 is 10.1 Å². The molecule has 0 aliphatic heterocycles. The van der Waals surface area contributed by atoms with E-state index in [4.69, 9.17) is 0 Å². The molecule has 1 aromatic heterocycles. The van der Waals surface area contributed by atoms with E-state index in [9.17, 15) is 28.4 Å². The Hall–Kier alpha value is -3.24. The monoisotopic (exact) mass is 389 g/mol. The van der Waals surface area contributed by atoms with E-state index < -0.39 is 27.0 Å². The second kappa shape index (κ2) is 7.17. The van der Waals surface area contributed by atoms with Gasteiger partial charge >= 0.3 is 5.97 Å². The van der Waals surface area contributed by atoms with Crippen LogP contribution in [0.1, 0.15) is 5.69 Å². The fourth-order valence-electron chi connectivity index (χ4n) is 2.65. The van der Waals surface area contributed by atoms with Gasteiger partial charge in [-0.15, -0.1) is 0 Å². The number of carboxylic acid groups (broad SMARTS) is 1. The minimum Gasteiger partial charge on any atom is -0.480 e. The molecule has 1 atom stereocenters. The Bertz CT molecular complexity index is 1070. The quantitative estimate of drug-likeness (QED) is 0.417. The van der Waals surface area contributed by atoms with Crippen LogP contribution in [0.4, 0.5) is 5.69 Å². The van der Waals surface area contributed by atoms with Gasteiger partial charge in [-0.3, -0.25) is 14.9 Å². The van der Waals surface area contributed by atoms with Crippen LogP contribution in [0.2, 0.25) is 0 Å². The number of carbonyl (C=O) groups is 1. The summed E-state index contributed by atoms with van der Waals surface area (Å²) in [6, 6.07) is 11.9. The standard InChI is InChI=1S/C17H15N3O6S/c21-17(22)16(10-12-9-11-3-1-2-4-15(11)18-12)19-27(25,26)14-7-5-13(6-8-14)20(23)24/h1-9,16,18-19H,10H2,(H,21,22). The molecule has 0 fully saturated rings. The molecule has 0 bridgehead atoms. The zero-order valence-electron chi connectivity index (χ0n) is 13.8. The fraction of sp³-hybridized carbons (Fsp3) is 0.118. The Labute approximate surface area is 153 Å². The predicted molar refractivity (Wildman–Crippen MR) is 96.8 cm³/mol. The molecule has 140 valence electrons. The van der Waals surface area contributed by atoms with E-state index in [-0.39, 0.29) is 17.0 Å². The number of nitrogens with zero attached hydrogens (tertiary/aromatic N) is 1. The van der Waals surface area contributed by atoms with Crippen LogP contribution in [0.5, 0.6) is 0 Å². The molecule has 2 aromatic carbocycles. The Kier molecular flexibility index (Phi) is 4.93. The number of hydrogen-bond donors (Lipinski definition) is 3. The molecule has 0 aliphatic rings. The number of rotatable bonds is 7. The van der Waals surface area contributed by atoms with Crippen molar-refractivity contribution in [3.05, 3.63) is 70.4 Å². The first-order valence-electron chi connectivity index (χ1n) is 7.82.